The summed E-state index contributed by atoms with van der Waals surface area (Å²) in [6.07, 6.45) is 1.59. The topological polar surface area (TPSA) is 46.6 Å². The second kappa shape index (κ2) is 7.09. The van der Waals surface area contributed by atoms with Crippen LogP contribution in [-0.2, 0) is 10.0 Å². The highest BCUT2D eigenvalue weighted by atomic mass is 32.2. The zero-order chi connectivity index (χ0) is 17.9. The Balaban J connectivity index is 2.56. The molecule has 0 fully saturated rings. The van der Waals surface area contributed by atoms with Crippen LogP contribution in [0.4, 0.5) is 5.69 Å². The first kappa shape index (κ1) is 18.1. The molecule has 0 aliphatic carbocycles. The minimum absolute atomic E-state index is 0.205. The van der Waals surface area contributed by atoms with Gasteiger partial charge in [-0.25, -0.2) is 8.42 Å². The van der Waals surface area contributed by atoms with Crippen molar-refractivity contribution >= 4 is 15.7 Å². The van der Waals surface area contributed by atoms with E-state index in [4.69, 9.17) is 4.74 Å². The lowest BCUT2D eigenvalue weighted by Crippen LogP contribution is -2.31. The molecule has 0 saturated heterocycles. The number of sulfonamides is 1. The van der Waals surface area contributed by atoms with Gasteiger partial charge in [-0.3, -0.25) is 4.31 Å². The van der Waals surface area contributed by atoms with Crippen LogP contribution < -0.4 is 9.04 Å². The summed E-state index contributed by atoms with van der Waals surface area (Å²) in [4.78, 5) is 0.238. The Labute approximate surface area is 144 Å². The first-order valence-corrected chi connectivity index (χ1v) is 9.10. The largest absolute Gasteiger partial charge is 0.496 e. The van der Waals surface area contributed by atoms with E-state index in [1.54, 1.807) is 31.4 Å². The Morgan fingerprint density at radius 1 is 1.08 bits per heavy atom. The highest BCUT2D eigenvalue weighted by Crippen LogP contribution is 2.28. The standard InChI is InChI=1S/C19H23NO3S/c1-6-9-20(17-11-14(2)10-15(3)12-17)24(21,22)18-7-8-19(23-5)16(4)13-18/h6-8,10-13H,1,9H2,2-5H3. The Bertz CT molecular complexity index is 837. The third kappa shape index (κ3) is 3.62. The van der Waals surface area contributed by atoms with Gasteiger partial charge in [-0.15, -0.1) is 6.58 Å². The number of ether oxygens (including phenoxy) is 1. The minimum atomic E-state index is -3.69. The maximum atomic E-state index is 13.1. The molecule has 2 rings (SSSR count). The molecule has 4 nitrogen and oxygen atoms in total. The second-order valence-corrected chi connectivity index (χ2v) is 7.66. The molecule has 5 heteroatoms. The molecule has 0 unspecified atom stereocenters. The molecule has 0 saturated carbocycles. The maximum absolute atomic E-state index is 13.1. The van der Waals surface area contributed by atoms with E-state index in [0.29, 0.717) is 11.4 Å². The molecular formula is C19H23NO3S. The number of methoxy groups -OCH3 is 1. The maximum Gasteiger partial charge on any atom is 0.264 e. The zero-order valence-electron chi connectivity index (χ0n) is 14.5. The van der Waals surface area contributed by atoms with Crippen LogP contribution in [0.15, 0.2) is 53.9 Å². The molecule has 128 valence electrons. The molecule has 0 aliphatic heterocycles. The van der Waals surface area contributed by atoms with E-state index < -0.39 is 10.0 Å². The summed E-state index contributed by atoms with van der Waals surface area (Å²) in [6, 6.07) is 10.6. The molecule has 0 heterocycles. The van der Waals surface area contributed by atoms with Crippen molar-refractivity contribution in [1.29, 1.82) is 0 Å². The van der Waals surface area contributed by atoms with E-state index in [1.165, 1.54) is 4.31 Å². The summed E-state index contributed by atoms with van der Waals surface area (Å²) in [7, 11) is -2.13. The Morgan fingerprint density at radius 2 is 1.71 bits per heavy atom. The Morgan fingerprint density at radius 3 is 2.21 bits per heavy atom. The van der Waals surface area contributed by atoms with Gasteiger partial charge in [0.25, 0.3) is 10.0 Å². The smallest absolute Gasteiger partial charge is 0.264 e. The van der Waals surface area contributed by atoms with Crippen molar-refractivity contribution in [2.24, 2.45) is 0 Å². The molecule has 0 spiro atoms. The fraction of sp³-hybridized carbons (Fsp3) is 0.263. The fourth-order valence-electron chi connectivity index (χ4n) is 2.69. The lowest BCUT2D eigenvalue weighted by molar-refractivity contribution is 0.411. The van der Waals surface area contributed by atoms with Crippen molar-refractivity contribution in [3.8, 4) is 5.75 Å². The average Bonchev–Trinajstić information content (AvgIpc) is 2.51. The van der Waals surface area contributed by atoms with Crippen LogP contribution in [0.25, 0.3) is 0 Å². The first-order chi connectivity index (χ1) is 11.3. The van der Waals surface area contributed by atoms with E-state index in [2.05, 4.69) is 6.58 Å². The summed E-state index contributed by atoms with van der Waals surface area (Å²) in [5, 5.41) is 0. The van der Waals surface area contributed by atoms with Gasteiger partial charge in [0.15, 0.2) is 0 Å². The molecule has 0 radical (unpaired) electrons. The summed E-state index contributed by atoms with van der Waals surface area (Å²) in [6.45, 7) is 9.63. The predicted molar refractivity (Wildman–Crippen MR) is 98.4 cm³/mol. The van der Waals surface area contributed by atoms with Crippen molar-refractivity contribution in [3.63, 3.8) is 0 Å². The Kier molecular flexibility index (Phi) is 5.34. The number of anilines is 1. The molecular weight excluding hydrogens is 322 g/mol. The Hall–Kier alpha value is -2.27. The van der Waals surface area contributed by atoms with Gasteiger partial charge < -0.3 is 4.74 Å². The molecule has 0 amide bonds. The van der Waals surface area contributed by atoms with Crippen LogP contribution in [-0.4, -0.2) is 22.1 Å². The molecule has 2 aromatic carbocycles. The van der Waals surface area contributed by atoms with Crippen LogP contribution >= 0.6 is 0 Å². The number of benzene rings is 2. The average molecular weight is 345 g/mol. The monoisotopic (exact) mass is 345 g/mol. The van der Waals surface area contributed by atoms with Crippen LogP contribution in [0, 0.1) is 20.8 Å². The van der Waals surface area contributed by atoms with Gasteiger partial charge in [0.1, 0.15) is 5.75 Å². The number of rotatable bonds is 6. The van der Waals surface area contributed by atoms with Gasteiger partial charge >= 0.3 is 0 Å². The number of hydrogen-bond donors (Lipinski definition) is 0. The predicted octanol–water partition coefficient (Wildman–Crippen LogP) is 4.00. The van der Waals surface area contributed by atoms with E-state index in [0.717, 1.165) is 16.7 Å². The molecule has 0 atom stereocenters. The highest BCUT2D eigenvalue weighted by molar-refractivity contribution is 7.92. The van der Waals surface area contributed by atoms with Crippen LogP contribution in [0.5, 0.6) is 5.75 Å². The van der Waals surface area contributed by atoms with E-state index in [-0.39, 0.29) is 11.4 Å². The van der Waals surface area contributed by atoms with Gasteiger partial charge in [-0.2, -0.15) is 0 Å². The summed E-state index contributed by atoms with van der Waals surface area (Å²) in [5.41, 5.74) is 3.44. The van der Waals surface area contributed by atoms with Gasteiger partial charge in [0, 0.05) is 0 Å². The third-order valence-electron chi connectivity index (χ3n) is 3.74. The van der Waals surface area contributed by atoms with Crippen molar-refractivity contribution in [3.05, 3.63) is 65.7 Å². The van der Waals surface area contributed by atoms with E-state index in [9.17, 15) is 8.42 Å². The molecule has 0 aromatic heterocycles. The molecule has 24 heavy (non-hydrogen) atoms. The highest BCUT2D eigenvalue weighted by Gasteiger charge is 2.25. The van der Waals surface area contributed by atoms with Crippen molar-refractivity contribution in [1.82, 2.24) is 0 Å². The van der Waals surface area contributed by atoms with Crippen molar-refractivity contribution < 1.29 is 13.2 Å². The second-order valence-electron chi connectivity index (χ2n) is 5.80. The quantitative estimate of drug-likeness (QED) is 0.744. The minimum Gasteiger partial charge on any atom is -0.496 e. The van der Waals surface area contributed by atoms with Crippen molar-refractivity contribution in [2.75, 3.05) is 18.0 Å². The lowest BCUT2D eigenvalue weighted by Gasteiger charge is -2.24. The summed E-state index contributed by atoms with van der Waals surface area (Å²) >= 11 is 0. The number of nitrogens with zero attached hydrogens (tertiary/aromatic N) is 1. The number of hydrogen-bond acceptors (Lipinski definition) is 3. The molecule has 2 aromatic rings. The normalized spacial score (nSPS) is 11.2. The van der Waals surface area contributed by atoms with Gasteiger partial charge in [-0.1, -0.05) is 12.1 Å². The number of aryl methyl sites for hydroxylation is 3. The lowest BCUT2D eigenvalue weighted by atomic mass is 10.1. The molecule has 0 bridgehead atoms. The van der Waals surface area contributed by atoms with Crippen LogP contribution in [0.2, 0.25) is 0 Å². The van der Waals surface area contributed by atoms with Crippen molar-refractivity contribution in [2.45, 2.75) is 25.7 Å². The third-order valence-corrected chi connectivity index (χ3v) is 5.53. The van der Waals surface area contributed by atoms with Gasteiger partial charge in [-0.05, 0) is 67.8 Å². The zero-order valence-corrected chi connectivity index (χ0v) is 15.4. The van der Waals surface area contributed by atoms with Crippen LogP contribution in [0.3, 0.4) is 0 Å². The van der Waals surface area contributed by atoms with Gasteiger partial charge in [0.05, 0.1) is 24.2 Å². The van der Waals surface area contributed by atoms with E-state index >= 15 is 0 Å². The fourth-order valence-corrected chi connectivity index (χ4v) is 4.20. The summed E-state index contributed by atoms with van der Waals surface area (Å²) < 4.78 is 32.9. The van der Waals surface area contributed by atoms with E-state index in [1.807, 2.05) is 39.0 Å². The van der Waals surface area contributed by atoms with Crippen LogP contribution in [0.1, 0.15) is 16.7 Å². The summed E-state index contributed by atoms with van der Waals surface area (Å²) in [5.74, 6) is 0.663. The van der Waals surface area contributed by atoms with Gasteiger partial charge in [0.2, 0.25) is 0 Å². The molecule has 0 aliphatic rings. The first-order valence-electron chi connectivity index (χ1n) is 7.66. The molecule has 0 N–H and O–H groups in total. The SMILES string of the molecule is C=CCN(c1cc(C)cc(C)c1)S(=O)(=O)c1ccc(OC)c(C)c1.